The zero-order valence-electron chi connectivity index (χ0n) is 16.3. The number of ether oxygens (including phenoxy) is 1. The Labute approximate surface area is 168 Å². The Morgan fingerprint density at radius 1 is 1.25 bits per heavy atom. The summed E-state index contributed by atoms with van der Waals surface area (Å²) >= 11 is 6.19. The van der Waals surface area contributed by atoms with Gasteiger partial charge in [-0.2, -0.15) is 5.10 Å². The largest absolute Gasteiger partial charge is 0.452 e. The Bertz CT molecular complexity index is 894. The van der Waals surface area contributed by atoms with E-state index in [0.29, 0.717) is 28.5 Å². The van der Waals surface area contributed by atoms with E-state index in [1.807, 2.05) is 18.2 Å². The van der Waals surface area contributed by atoms with Gasteiger partial charge < -0.3 is 15.0 Å². The Balaban J connectivity index is 2.06. The molecule has 0 aliphatic heterocycles. The molecule has 1 N–H and O–H groups in total. The number of rotatable bonds is 7. The Morgan fingerprint density at radius 2 is 1.93 bits per heavy atom. The van der Waals surface area contributed by atoms with Crippen molar-refractivity contribution in [2.75, 3.05) is 27.2 Å². The zero-order chi connectivity index (χ0) is 20.8. The lowest BCUT2D eigenvalue weighted by atomic mass is 10.2. The SMILES string of the molecule is CNC(=O)CN(C)C(=O)COC(=O)c1c(C)nn(Cc2ccccc2Cl)c1C. The van der Waals surface area contributed by atoms with E-state index in [-0.39, 0.29) is 12.5 Å². The van der Waals surface area contributed by atoms with Crippen LogP contribution in [0, 0.1) is 13.8 Å². The van der Waals surface area contributed by atoms with Gasteiger partial charge >= 0.3 is 5.97 Å². The molecule has 1 heterocycles. The Morgan fingerprint density at radius 3 is 2.57 bits per heavy atom. The van der Waals surface area contributed by atoms with Crippen LogP contribution in [0.2, 0.25) is 5.02 Å². The van der Waals surface area contributed by atoms with E-state index >= 15 is 0 Å². The molecule has 0 aliphatic carbocycles. The number of aromatic nitrogens is 2. The molecule has 28 heavy (non-hydrogen) atoms. The first-order valence-electron chi connectivity index (χ1n) is 8.63. The van der Waals surface area contributed by atoms with Crippen LogP contribution in [0.15, 0.2) is 24.3 Å². The van der Waals surface area contributed by atoms with Crippen LogP contribution < -0.4 is 5.32 Å². The van der Waals surface area contributed by atoms with Crippen LogP contribution in [0.1, 0.15) is 27.3 Å². The van der Waals surface area contributed by atoms with E-state index in [1.165, 1.54) is 19.0 Å². The van der Waals surface area contributed by atoms with Crippen molar-refractivity contribution in [3.05, 3.63) is 51.8 Å². The molecule has 8 nitrogen and oxygen atoms in total. The van der Waals surface area contributed by atoms with Gasteiger partial charge in [0.05, 0.1) is 24.5 Å². The molecule has 2 amide bonds. The quantitative estimate of drug-likeness (QED) is 0.704. The highest BCUT2D eigenvalue weighted by atomic mass is 35.5. The number of amides is 2. The topological polar surface area (TPSA) is 93.5 Å². The minimum absolute atomic E-state index is 0.110. The van der Waals surface area contributed by atoms with E-state index in [1.54, 1.807) is 24.6 Å². The van der Waals surface area contributed by atoms with Gasteiger partial charge in [-0.1, -0.05) is 29.8 Å². The van der Waals surface area contributed by atoms with Crippen molar-refractivity contribution in [3.63, 3.8) is 0 Å². The molecule has 9 heteroatoms. The van der Waals surface area contributed by atoms with Crippen molar-refractivity contribution in [1.82, 2.24) is 20.0 Å². The highest BCUT2D eigenvalue weighted by molar-refractivity contribution is 6.31. The fourth-order valence-corrected chi connectivity index (χ4v) is 2.82. The molecule has 0 saturated heterocycles. The minimum Gasteiger partial charge on any atom is -0.452 e. The van der Waals surface area contributed by atoms with Crippen molar-refractivity contribution >= 4 is 29.4 Å². The zero-order valence-corrected chi connectivity index (χ0v) is 17.0. The molecule has 0 unspecified atom stereocenters. The van der Waals surface area contributed by atoms with Crippen LogP contribution in [0.25, 0.3) is 0 Å². The van der Waals surface area contributed by atoms with Crippen LogP contribution in [0.4, 0.5) is 0 Å². The van der Waals surface area contributed by atoms with Crippen molar-refractivity contribution in [2.45, 2.75) is 20.4 Å². The molecule has 0 spiro atoms. The number of nitrogens with zero attached hydrogens (tertiary/aromatic N) is 3. The van der Waals surface area contributed by atoms with E-state index in [4.69, 9.17) is 16.3 Å². The van der Waals surface area contributed by atoms with Crippen molar-refractivity contribution < 1.29 is 19.1 Å². The van der Waals surface area contributed by atoms with Crippen molar-refractivity contribution in [2.24, 2.45) is 0 Å². The van der Waals surface area contributed by atoms with E-state index < -0.39 is 18.5 Å². The molecular weight excluding hydrogens is 384 g/mol. The lowest BCUT2D eigenvalue weighted by Gasteiger charge is -2.16. The summed E-state index contributed by atoms with van der Waals surface area (Å²) in [4.78, 5) is 37.0. The van der Waals surface area contributed by atoms with E-state index in [9.17, 15) is 14.4 Å². The number of carbonyl (C=O) groups is 3. The van der Waals surface area contributed by atoms with Crippen molar-refractivity contribution in [3.8, 4) is 0 Å². The van der Waals surface area contributed by atoms with Gasteiger partial charge in [-0.15, -0.1) is 0 Å². The number of halogens is 1. The number of benzene rings is 1. The first-order chi connectivity index (χ1) is 13.2. The molecular formula is C19H23ClN4O4. The maximum absolute atomic E-state index is 12.5. The fourth-order valence-electron chi connectivity index (χ4n) is 2.63. The van der Waals surface area contributed by atoms with Gasteiger partial charge in [0, 0.05) is 19.1 Å². The van der Waals surface area contributed by atoms with E-state index in [0.717, 1.165) is 5.56 Å². The van der Waals surface area contributed by atoms with Gasteiger partial charge in [0.15, 0.2) is 6.61 Å². The number of nitrogens with one attached hydrogen (secondary N) is 1. The highest BCUT2D eigenvalue weighted by Gasteiger charge is 2.22. The summed E-state index contributed by atoms with van der Waals surface area (Å²) in [5, 5.41) is 7.43. The standard InChI is InChI=1S/C19H23ClN4O4/c1-12-18(19(27)28-11-17(26)23(4)10-16(25)21-3)13(2)24(22-12)9-14-7-5-6-8-15(14)20/h5-8H,9-11H2,1-4H3,(H,21,25). The van der Waals surface area contributed by atoms with Gasteiger partial charge in [-0.25, -0.2) is 4.79 Å². The summed E-state index contributed by atoms with van der Waals surface area (Å²) in [5.41, 5.74) is 2.31. The number of carbonyl (C=O) groups excluding carboxylic acids is 3. The fraction of sp³-hybridized carbons (Fsp3) is 0.368. The monoisotopic (exact) mass is 406 g/mol. The summed E-state index contributed by atoms with van der Waals surface area (Å²) in [6, 6.07) is 7.40. The average Bonchev–Trinajstić information content (AvgIpc) is 2.94. The van der Waals surface area contributed by atoms with E-state index in [2.05, 4.69) is 10.4 Å². The first kappa shape index (κ1) is 21.4. The second-order valence-electron chi connectivity index (χ2n) is 6.29. The molecule has 150 valence electrons. The van der Waals surface area contributed by atoms with Gasteiger partial charge in [0.25, 0.3) is 5.91 Å². The van der Waals surface area contributed by atoms with Gasteiger partial charge in [0.2, 0.25) is 5.91 Å². The van der Waals surface area contributed by atoms with Crippen LogP contribution in [0.5, 0.6) is 0 Å². The third-order valence-corrected chi connectivity index (χ3v) is 4.64. The lowest BCUT2D eigenvalue weighted by Crippen LogP contribution is -2.39. The van der Waals surface area contributed by atoms with Crippen molar-refractivity contribution in [1.29, 1.82) is 0 Å². The Hall–Kier alpha value is -2.87. The summed E-state index contributed by atoms with van der Waals surface area (Å²) < 4.78 is 6.81. The van der Waals surface area contributed by atoms with Gasteiger partial charge in [0.1, 0.15) is 5.56 Å². The van der Waals surface area contributed by atoms with Crippen LogP contribution in [-0.2, 0) is 20.9 Å². The van der Waals surface area contributed by atoms with Crippen LogP contribution in [-0.4, -0.2) is 59.7 Å². The predicted molar refractivity (Wildman–Crippen MR) is 104 cm³/mol. The number of esters is 1. The summed E-state index contributed by atoms with van der Waals surface area (Å²) in [5.74, 6) is -1.42. The number of hydrogen-bond donors (Lipinski definition) is 1. The van der Waals surface area contributed by atoms with Gasteiger partial charge in [-0.3, -0.25) is 14.3 Å². The number of likely N-dealkylation sites (N-methyl/N-ethyl adjacent to an activating group) is 2. The predicted octanol–water partition coefficient (Wildman–Crippen LogP) is 1.56. The number of hydrogen-bond acceptors (Lipinski definition) is 5. The smallest absolute Gasteiger partial charge is 0.342 e. The maximum Gasteiger partial charge on any atom is 0.342 e. The highest BCUT2D eigenvalue weighted by Crippen LogP contribution is 2.20. The molecule has 2 aromatic rings. The first-order valence-corrected chi connectivity index (χ1v) is 9.01. The molecule has 0 radical (unpaired) electrons. The molecule has 0 atom stereocenters. The maximum atomic E-state index is 12.5. The second-order valence-corrected chi connectivity index (χ2v) is 6.70. The minimum atomic E-state index is -0.637. The summed E-state index contributed by atoms with van der Waals surface area (Å²) in [6.45, 7) is 3.30. The summed E-state index contributed by atoms with van der Waals surface area (Å²) in [6.07, 6.45) is 0. The van der Waals surface area contributed by atoms with Gasteiger partial charge in [-0.05, 0) is 25.5 Å². The molecule has 0 saturated carbocycles. The summed E-state index contributed by atoms with van der Waals surface area (Å²) in [7, 11) is 2.94. The third kappa shape index (κ3) is 5.10. The molecule has 0 fully saturated rings. The molecule has 1 aromatic carbocycles. The number of aryl methyl sites for hydroxylation is 1. The Kier molecular flexibility index (Phi) is 7.17. The molecule has 0 bridgehead atoms. The molecule has 0 aliphatic rings. The van der Waals surface area contributed by atoms with Crippen LogP contribution >= 0.6 is 11.6 Å². The molecule has 1 aromatic heterocycles. The average molecular weight is 407 g/mol. The van der Waals surface area contributed by atoms with Crippen LogP contribution in [0.3, 0.4) is 0 Å². The lowest BCUT2D eigenvalue weighted by molar-refractivity contribution is -0.137. The molecule has 2 rings (SSSR count). The normalized spacial score (nSPS) is 10.5. The third-order valence-electron chi connectivity index (χ3n) is 4.28. The second kappa shape index (κ2) is 9.36.